The first kappa shape index (κ1) is 3.65. The van der Waals surface area contributed by atoms with E-state index in [0.29, 0.717) is 0 Å². The molecule has 2 heteroatoms. The molecule has 1 aliphatic rings. The monoisotopic (exact) mass is 86.0 g/mol. The molecule has 1 rings (SSSR count). The van der Waals surface area contributed by atoms with Gasteiger partial charge >= 0.3 is 5.97 Å². The molecular weight excluding hydrogens is 80.0 g/mol. The Hall–Kier alpha value is -0.530. The fraction of sp³-hybridized carbons (Fsp3) is 0.750. The highest BCUT2D eigenvalue weighted by molar-refractivity contribution is 5.91. The fourth-order valence-electron chi connectivity index (χ4n) is 0.206. The summed E-state index contributed by atoms with van der Waals surface area (Å²) in [6, 6.07) is 0. The van der Waals surface area contributed by atoms with Crippen LogP contribution in [0.1, 0.15) is 13.8 Å². The third-order valence-electron chi connectivity index (χ3n) is 0.798. The SMILES string of the molecule is CC1(C)OC1=O. The number of hydrogen-bond acceptors (Lipinski definition) is 2. The molecule has 0 aromatic heterocycles. The Balaban J connectivity index is 2.63. The molecule has 6 heavy (non-hydrogen) atoms. The highest BCUT2D eigenvalue weighted by atomic mass is 16.7. The Kier molecular flexibility index (Phi) is 0.365. The second kappa shape index (κ2) is 0.600. The van der Waals surface area contributed by atoms with E-state index >= 15 is 0 Å². The normalized spacial score (nSPS) is 26.0. The second-order valence-corrected chi connectivity index (χ2v) is 1.90. The van der Waals surface area contributed by atoms with Gasteiger partial charge in [-0.25, -0.2) is 4.79 Å². The van der Waals surface area contributed by atoms with Gasteiger partial charge < -0.3 is 4.74 Å². The number of rotatable bonds is 0. The molecule has 2 nitrogen and oxygen atoms in total. The molecule has 1 fully saturated rings. The summed E-state index contributed by atoms with van der Waals surface area (Å²) in [6.45, 7) is 3.49. The molecule has 0 amide bonds. The Bertz CT molecular complexity index is 93.7. The van der Waals surface area contributed by atoms with Crippen molar-refractivity contribution < 1.29 is 9.53 Å². The molecule has 0 saturated carbocycles. The fourth-order valence-corrected chi connectivity index (χ4v) is 0.206. The largest absolute Gasteiger partial charge is 0.445 e. The Morgan fingerprint density at radius 1 is 1.67 bits per heavy atom. The van der Waals surface area contributed by atoms with Crippen LogP contribution in [-0.2, 0) is 9.53 Å². The third-order valence-corrected chi connectivity index (χ3v) is 0.798. The van der Waals surface area contributed by atoms with Crippen LogP contribution in [0.4, 0.5) is 0 Å². The van der Waals surface area contributed by atoms with E-state index < -0.39 is 5.60 Å². The number of ether oxygens (including phenoxy) is 1. The van der Waals surface area contributed by atoms with Crippen molar-refractivity contribution in [2.45, 2.75) is 19.4 Å². The zero-order valence-electron chi connectivity index (χ0n) is 3.82. The van der Waals surface area contributed by atoms with Gasteiger partial charge in [0, 0.05) is 0 Å². The minimum absolute atomic E-state index is 0.0949. The van der Waals surface area contributed by atoms with E-state index in [-0.39, 0.29) is 5.97 Å². The standard InChI is InChI=1S/C4H6O2/c1-4(2)3(5)6-4/h1-2H3. The molecule has 1 saturated heterocycles. The van der Waals surface area contributed by atoms with Crippen molar-refractivity contribution in [2.24, 2.45) is 0 Å². The van der Waals surface area contributed by atoms with Crippen molar-refractivity contribution in [3.05, 3.63) is 0 Å². The molecule has 34 valence electrons. The number of epoxide rings is 1. The molecule has 1 heterocycles. The van der Waals surface area contributed by atoms with Crippen LogP contribution in [0.3, 0.4) is 0 Å². The lowest BCUT2D eigenvalue weighted by molar-refractivity contribution is -0.117. The van der Waals surface area contributed by atoms with Crippen molar-refractivity contribution in [3.63, 3.8) is 0 Å². The summed E-state index contributed by atoms with van der Waals surface area (Å²) in [4.78, 5) is 9.99. The highest BCUT2D eigenvalue weighted by Gasteiger charge is 2.48. The number of cyclic esters (lactones) is 1. The predicted octanol–water partition coefficient (Wildman–Crippen LogP) is 0.322. The van der Waals surface area contributed by atoms with Crippen molar-refractivity contribution >= 4 is 5.97 Å². The summed E-state index contributed by atoms with van der Waals surface area (Å²) >= 11 is 0. The van der Waals surface area contributed by atoms with Gasteiger partial charge in [-0.2, -0.15) is 0 Å². The quantitative estimate of drug-likeness (QED) is 0.397. The Morgan fingerprint density at radius 3 is 1.83 bits per heavy atom. The molecule has 0 atom stereocenters. The molecular formula is C4H6O2. The summed E-state index contributed by atoms with van der Waals surface area (Å²) in [6.07, 6.45) is 0. The summed E-state index contributed by atoms with van der Waals surface area (Å²) in [5, 5.41) is 0. The van der Waals surface area contributed by atoms with Gasteiger partial charge in [-0.1, -0.05) is 0 Å². The van der Waals surface area contributed by atoms with Crippen LogP contribution in [0.15, 0.2) is 0 Å². The summed E-state index contributed by atoms with van der Waals surface area (Å²) in [5.41, 5.74) is -0.431. The molecule has 0 N–H and O–H groups in total. The minimum atomic E-state index is -0.431. The topological polar surface area (TPSA) is 29.6 Å². The van der Waals surface area contributed by atoms with Crippen LogP contribution in [0.5, 0.6) is 0 Å². The first-order valence-corrected chi connectivity index (χ1v) is 1.86. The Labute approximate surface area is 36.1 Å². The molecule has 1 aliphatic heterocycles. The first-order valence-electron chi connectivity index (χ1n) is 1.86. The Morgan fingerprint density at radius 2 is 1.83 bits per heavy atom. The van der Waals surface area contributed by atoms with E-state index in [1.807, 2.05) is 0 Å². The van der Waals surface area contributed by atoms with E-state index in [1.54, 1.807) is 13.8 Å². The third kappa shape index (κ3) is 0.295. The van der Waals surface area contributed by atoms with Crippen molar-refractivity contribution in [1.29, 1.82) is 0 Å². The predicted molar refractivity (Wildman–Crippen MR) is 20.2 cm³/mol. The van der Waals surface area contributed by atoms with Gasteiger partial charge in [0.1, 0.15) is 0 Å². The zero-order valence-corrected chi connectivity index (χ0v) is 3.82. The summed E-state index contributed by atoms with van der Waals surface area (Å²) < 4.78 is 4.47. The number of hydrogen-bond donors (Lipinski definition) is 0. The van der Waals surface area contributed by atoms with Crippen molar-refractivity contribution in [1.82, 2.24) is 0 Å². The number of carbonyl (C=O) groups excluding carboxylic acids is 1. The molecule has 0 radical (unpaired) electrons. The average Bonchev–Trinajstić information content (AvgIpc) is 1.73. The van der Waals surface area contributed by atoms with E-state index in [0.717, 1.165) is 0 Å². The van der Waals surface area contributed by atoms with Crippen molar-refractivity contribution in [3.8, 4) is 0 Å². The van der Waals surface area contributed by atoms with Crippen LogP contribution in [0.2, 0.25) is 0 Å². The molecule has 0 aromatic rings. The molecule has 0 aliphatic carbocycles. The average molecular weight is 86.1 g/mol. The van der Waals surface area contributed by atoms with Crippen molar-refractivity contribution in [2.75, 3.05) is 0 Å². The first-order chi connectivity index (χ1) is 2.63. The van der Waals surface area contributed by atoms with Gasteiger partial charge in [-0.05, 0) is 13.8 Å². The highest BCUT2D eigenvalue weighted by Crippen LogP contribution is 2.26. The zero-order chi connectivity index (χ0) is 4.78. The van der Waals surface area contributed by atoms with E-state index in [2.05, 4.69) is 4.74 Å². The van der Waals surface area contributed by atoms with E-state index in [1.165, 1.54) is 0 Å². The van der Waals surface area contributed by atoms with E-state index in [9.17, 15) is 4.79 Å². The summed E-state index contributed by atoms with van der Waals surface area (Å²) in [7, 11) is 0. The van der Waals surface area contributed by atoms with Gasteiger partial charge in [0.15, 0.2) is 0 Å². The molecule has 0 bridgehead atoms. The maximum atomic E-state index is 9.99. The molecule has 0 aromatic carbocycles. The smallest absolute Gasteiger partial charge is 0.351 e. The molecule has 0 spiro atoms. The van der Waals surface area contributed by atoms with Gasteiger partial charge in [0.05, 0.1) is 0 Å². The van der Waals surface area contributed by atoms with Crippen LogP contribution < -0.4 is 0 Å². The lowest BCUT2D eigenvalue weighted by atomic mass is 10.2. The summed E-state index contributed by atoms with van der Waals surface area (Å²) in [5.74, 6) is -0.0949. The van der Waals surface area contributed by atoms with Crippen LogP contribution >= 0.6 is 0 Å². The van der Waals surface area contributed by atoms with Crippen LogP contribution in [-0.4, -0.2) is 11.6 Å². The minimum Gasteiger partial charge on any atom is -0.445 e. The lowest BCUT2D eigenvalue weighted by Crippen LogP contribution is -1.95. The van der Waals surface area contributed by atoms with Gasteiger partial charge in [-0.15, -0.1) is 0 Å². The lowest BCUT2D eigenvalue weighted by Gasteiger charge is -1.76. The van der Waals surface area contributed by atoms with Gasteiger partial charge in [-0.3, -0.25) is 0 Å². The maximum absolute atomic E-state index is 9.99. The number of carbonyl (C=O) groups is 1. The molecule has 0 unspecified atom stereocenters. The second-order valence-electron chi connectivity index (χ2n) is 1.90. The van der Waals surface area contributed by atoms with E-state index in [4.69, 9.17) is 0 Å². The van der Waals surface area contributed by atoms with Gasteiger partial charge in [0.2, 0.25) is 5.60 Å². The van der Waals surface area contributed by atoms with Crippen LogP contribution in [0, 0.1) is 0 Å². The maximum Gasteiger partial charge on any atom is 0.351 e. The van der Waals surface area contributed by atoms with Crippen LogP contribution in [0.25, 0.3) is 0 Å². The van der Waals surface area contributed by atoms with Gasteiger partial charge in [0.25, 0.3) is 0 Å².